The number of nitro groups is 1. The van der Waals surface area contributed by atoms with E-state index < -0.39 is 50.0 Å². The molecule has 1 rings (SSSR count). The molecule has 0 atom stereocenters. The van der Waals surface area contributed by atoms with Crippen molar-refractivity contribution in [2.45, 2.75) is 32.9 Å². The number of alkyl halides is 3. The molecule has 0 unspecified atom stereocenters. The first-order valence-electron chi connectivity index (χ1n) is 6.60. The van der Waals surface area contributed by atoms with E-state index in [1.807, 2.05) is 0 Å². The number of benzene rings is 1. The Bertz CT molecular complexity index is 782. The Hall–Kier alpha value is -2.37. The van der Waals surface area contributed by atoms with Crippen molar-refractivity contribution in [3.63, 3.8) is 0 Å². The van der Waals surface area contributed by atoms with Crippen LogP contribution in [0.3, 0.4) is 0 Å². The molecule has 0 fully saturated rings. The van der Waals surface area contributed by atoms with Crippen LogP contribution in [0.25, 0.3) is 0 Å². The van der Waals surface area contributed by atoms with Crippen molar-refractivity contribution in [3.8, 4) is 5.75 Å². The van der Waals surface area contributed by atoms with Gasteiger partial charge in [0.2, 0.25) is 5.75 Å². The summed E-state index contributed by atoms with van der Waals surface area (Å²) >= 11 is 0. The smallest absolute Gasteiger partial charge is 0.460 e. The van der Waals surface area contributed by atoms with Crippen LogP contribution in [0.1, 0.15) is 26.3 Å². The van der Waals surface area contributed by atoms with E-state index in [-0.39, 0.29) is 5.56 Å². The van der Waals surface area contributed by atoms with Gasteiger partial charge < -0.3 is 8.92 Å². The van der Waals surface area contributed by atoms with Crippen molar-refractivity contribution in [1.29, 1.82) is 0 Å². The first-order valence-corrected chi connectivity index (χ1v) is 8.01. The molecule has 0 spiro atoms. The Balaban J connectivity index is 3.15. The Labute approximate surface area is 140 Å². The summed E-state index contributed by atoms with van der Waals surface area (Å²) in [5, 5.41) is 10.8. The summed E-state index contributed by atoms with van der Waals surface area (Å²) in [5.41, 5.74) is -7.58. The van der Waals surface area contributed by atoms with E-state index in [4.69, 9.17) is 4.74 Å². The van der Waals surface area contributed by atoms with Crippen LogP contribution in [0, 0.1) is 15.5 Å². The number of carbonyl (C=O) groups excluding carboxylic acids is 1. The highest BCUT2D eigenvalue weighted by atomic mass is 32.2. The average Bonchev–Trinajstić information content (AvgIpc) is 2.41. The van der Waals surface area contributed by atoms with E-state index in [2.05, 4.69) is 4.18 Å². The lowest BCUT2D eigenvalue weighted by atomic mass is 9.97. The molecule has 0 saturated carbocycles. The third-order valence-corrected chi connectivity index (χ3v) is 3.65. The van der Waals surface area contributed by atoms with Gasteiger partial charge >= 0.3 is 27.3 Å². The normalized spacial score (nSPS) is 12.6. The van der Waals surface area contributed by atoms with E-state index in [0.717, 1.165) is 12.1 Å². The highest BCUT2D eigenvalue weighted by Gasteiger charge is 2.49. The molecule has 0 aliphatic rings. The minimum Gasteiger partial charge on any atom is -0.460 e. The van der Waals surface area contributed by atoms with Crippen LogP contribution in [-0.2, 0) is 26.3 Å². The maximum absolute atomic E-state index is 12.4. The van der Waals surface area contributed by atoms with Crippen LogP contribution >= 0.6 is 0 Å². The molecule has 0 aromatic heterocycles. The molecule has 0 bridgehead atoms. The number of rotatable bonds is 5. The second-order valence-corrected chi connectivity index (χ2v) is 7.41. The van der Waals surface area contributed by atoms with Gasteiger partial charge in [0.15, 0.2) is 0 Å². The van der Waals surface area contributed by atoms with E-state index >= 15 is 0 Å². The fourth-order valence-electron chi connectivity index (χ4n) is 1.40. The topological polar surface area (TPSA) is 113 Å². The predicted octanol–water partition coefficient (Wildman–Crippen LogP) is 2.91. The molecule has 0 heterocycles. The summed E-state index contributed by atoms with van der Waals surface area (Å²) in [5.74, 6) is -1.76. The van der Waals surface area contributed by atoms with Gasteiger partial charge in [0.25, 0.3) is 0 Å². The second kappa shape index (κ2) is 6.86. The molecular formula is C13H14F3NO7S. The zero-order valence-electron chi connectivity index (χ0n) is 13.3. The maximum Gasteiger partial charge on any atom is 0.534 e. The van der Waals surface area contributed by atoms with Crippen molar-refractivity contribution < 1.29 is 40.2 Å². The molecular weight excluding hydrogens is 371 g/mol. The standard InChI is InChI=1S/C13H14F3NO7S/c1-12(2,3)11(18)23-7-8-4-5-9(17(19)20)10(6-8)24-25(21,22)13(14,15)16/h4-6H,7H2,1-3H3. The van der Waals surface area contributed by atoms with Crippen LogP contribution in [0.5, 0.6) is 5.75 Å². The lowest BCUT2D eigenvalue weighted by Crippen LogP contribution is -2.28. The fourth-order valence-corrected chi connectivity index (χ4v) is 1.86. The molecule has 1 aromatic carbocycles. The highest BCUT2D eigenvalue weighted by Crippen LogP contribution is 2.33. The number of nitrogens with zero attached hydrogens (tertiary/aromatic N) is 1. The zero-order chi connectivity index (χ0) is 19.6. The Kier molecular flexibility index (Phi) is 5.67. The molecule has 0 aliphatic carbocycles. The van der Waals surface area contributed by atoms with Crippen molar-refractivity contribution in [2.24, 2.45) is 5.41 Å². The molecule has 140 valence electrons. The summed E-state index contributed by atoms with van der Waals surface area (Å²) in [4.78, 5) is 21.4. The van der Waals surface area contributed by atoms with E-state index in [1.165, 1.54) is 0 Å². The zero-order valence-corrected chi connectivity index (χ0v) is 14.1. The second-order valence-electron chi connectivity index (χ2n) is 5.87. The van der Waals surface area contributed by atoms with Gasteiger partial charge in [-0.3, -0.25) is 14.9 Å². The lowest BCUT2D eigenvalue weighted by Gasteiger charge is -2.16. The average molecular weight is 385 g/mol. The van der Waals surface area contributed by atoms with Crippen molar-refractivity contribution in [2.75, 3.05) is 0 Å². The van der Waals surface area contributed by atoms with Gasteiger partial charge in [0, 0.05) is 6.07 Å². The summed E-state index contributed by atoms with van der Waals surface area (Å²) in [6.45, 7) is 4.26. The molecule has 8 nitrogen and oxygen atoms in total. The summed E-state index contributed by atoms with van der Waals surface area (Å²) < 4.78 is 68.0. The van der Waals surface area contributed by atoms with Gasteiger partial charge in [0.05, 0.1) is 10.3 Å². The van der Waals surface area contributed by atoms with E-state index in [1.54, 1.807) is 20.8 Å². The van der Waals surface area contributed by atoms with Gasteiger partial charge in [-0.2, -0.15) is 21.6 Å². The lowest BCUT2D eigenvalue weighted by molar-refractivity contribution is -0.385. The van der Waals surface area contributed by atoms with Crippen LogP contribution in [-0.4, -0.2) is 24.8 Å². The Morgan fingerprint density at radius 1 is 1.24 bits per heavy atom. The molecule has 12 heteroatoms. The van der Waals surface area contributed by atoms with Gasteiger partial charge in [-0.05, 0) is 38.5 Å². The monoisotopic (exact) mass is 385 g/mol. The Morgan fingerprint density at radius 3 is 2.24 bits per heavy atom. The maximum atomic E-state index is 12.4. The van der Waals surface area contributed by atoms with Gasteiger partial charge in [-0.1, -0.05) is 0 Å². The fraction of sp³-hybridized carbons (Fsp3) is 0.462. The number of ether oxygens (including phenoxy) is 1. The van der Waals surface area contributed by atoms with E-state index in [9.17, 15) is 36.5 Å². The molecule has 0 N–H and O–H groups in total. The van der Waals surface area contributed by atoms with Crippen molar-refractivity contribution in [1.82, 2.24) is 0 Å². The highest BCUT2D eigenvalue weighted by molar-refractivity contribution is 7.88. The van der Waals surface area contributed by atoms with Crippen molar-refractivity contribution in [3.05, 3.63) is 33.9 Å². The number of hydrogen-bond donors (Lipinski definition) is 0. The first-order chi connectivity index (χ1) is 11.1. The van der Waals surface area contributed by atoms with Crippen LogP contribution in [0.4, 0.5) is 18.9 Å². The SMILES string of the molecule is CC(C)(C)C(=O)OCc1ccc([N+](=O)[O-])c(OS(=O)(=O)C(F)(F)F)c1. The molecule has 1 aromatic rings. The summed E-state index contributed by atoms with van der Waals surface area (Å²) in [7, 11) is -6.09. The number of hydrogen-bond acceptors (Lipinski definition) is 7. The predicted molar refractivity (Wildman–Crippen MR) is 78.0 cm³/mol. The van der Waals surface area contributed by atoms with Crippen LogP contribution in [0.15, 0.2) is 18.2 Å². The molecule has 0 radical (unpaired) electrons. The summed E-state index contributed by atoms with van der Waals surface area (Å²) in [6, 6.07) is 2.54. The molecule has 25 heavy (non-hydrogen) atoms. The van der Waals surface area contributed by atoms with E-state index in [0.29, 0.717) is 6.07 Å². The summed E-state index contributed by atoms with van der Waals surface area (Å²) in [6.07, 6.45) is 0. The minimum atomic E-state index is -6.09. The van der Waals surface area contributed by atoms with Crippen LogP contribution < -0.4 is 4.18 Å². The third kappa shape index (κ3) is 5.31. The first kappa shape index (κ1) is 20.7. The van der Waals surface area contributed by atoms with Crippen molar-refractivity contribution >= 4 is 21.8 Å². The van der Waals surface area contributed by atoms with Crippen LogP contribution in [0.2, 0.25) is 0 Å². The van der Waals surface area contributed by atoms with Gasteiger partial charge in [-0.15, -0.1) is 0 Å². The Morgan fingerprint density at radius 2 is 1.80 bits per heavy atom. The molecule has 0 amide bonds. The minimum absolute atomic E-state index is 0.00979. The number of carbonyl (C=O) groups is 1. The van der Waals surface area contributed by atoms with Gasteiger partial charge in [-0.25, -0.2) is 0 Å². The number of halogens is 3. The molecule has 0 aliphatic heterocycles. The largest absolute Gasteiger partial charge is 0.534 e. The third-order valence-electron chi connectivity index (χ3n) is 2.69. The molecule has 0 saturated heterocycles. The number of esters is 1. The quantitative estimate of drug-likeness (QED) is 0.252. The van der Waals surface area contributed by atoms with Gasteiger partial charge in [0.1, 0.15) is 6.61 Å². The number of nitro benzene ring substituents is 1.